The fourth-order valence-electron chi connectivity index (χ4n) is 5.03. The maximum Gasteiger partial charge on any atom is 0.0241 e. The number of likely N-dealkylation sites (tertiary alicyclic amines) is 1. The molecule has 3 heterocycles. The summed E-state index contributed by atoms with van der Waals surface area (Å²) in [6, 6.07) is 4.41. The zero-order chi connectivity index (χ0) is 12.8. The molecule has 0 aromatic carbocycles. The normalized spacial score (nSPS) is 44.7. The number of rotatable bonds is 3. The second-order valence-corrected chi connectivity index (χ2v) is 7.31. The highest BCUT2D eigenvalue weighted by molar-refractivity contribution is 5.01. The minimum atomic E-state index is 0.785. The molecule has 0 radical (unpaired) electrons. The standard InChI is InChI=1S/C16H29N3/c1-17-12-9-14-3-2-4-15(10-12)19(14)16-7-8-18(11-16)13-5-6-13/h12-17H,2-11H2,1H3. The summed E-state index contributed by atoms with van der Waals surface area (Å²) in [5.41, 5.74) is 0. The maximum atomic E-state index is 3.54. The maximum absolute atomic E-state index is 3.54. The smallest absolute Gasteiger partial charge is 0.0241 e. The number of fused-ring (bicyclic) bond motifs is 2. The molecule has 0 aromatic heterocycles. The van der Waals surface area contributed by atoms with Crippen LogP contribution in [0.15, 0.2) is 0 Å². The molecule has 4 rings (SSSR count). The first-order chi connectivity index (χ1) is 9.35. The van der Waals surface area contributed by atoms with Crippen molar-refractivity contribution in [3.8, 4) is 0 Å². The van der Waals surface area contributed by atoms with E-state index in [2.05, 4.69) is 22.2 Å². The summed E-state index contributed by atoms with van der Waals surface area (Å²) in [6.07, 6.45) is 11.6. The molecule has 3 saturated heterocycles. The molecule has 1 N–H and O–H groups in total. The van der Waals surface area contributed by atoms with Crippen molar-refractivity contribution in [3.63, 3.8) is 0 Å². The third kappa shape index (κ3) is 2.34. The predicted molar refractivity (Wildman–Crippen MR) is 78.3 cm³/mol. The molecule has 108 valence electrons. The molecule has 1 saturated carbocycles. The van der Waals surface area contributed by atoms with Gasteiger partial charge in [0.15, 0.2) is 0 Å². The van der Waals surface area contributed by atoms with E-state index in [1.807, 2.05) is 0 Å². The zero-order valence-corrected chi connectivity index (χ0v) is 12.4. The first kappa shape index (κ1) is 12.6. The van der Waals surface area contributed by atoms with Crippen molar-refractivity contribution in [1.29, 1.82) is 0 Å². The van der Waals surface area contributed by atoms with Gasteiger partial charge in [0.1, 0.15) is 0 Å². The van der Waals surface area contributed by atoms with Crippen LogP contribution >= 0.6 is 0 Å². The summed E-state index contributed by atoms with van der Waals surface area (Å²) in [5, 5.41) is 3.54. The highest BCUT2D eigenvalue weighted by Gasteiger charge is 2.44. The summed E-state index contributed by atoms with van der Waals surface area (Å²) in [5.74, 6) is 0. The second kappa shape index (κ2) is 5.01. The molecule has 3 atom stereocenters. The van der Waals surface area contributed by atoms with Crippen molar-refractivity contribution >= 4 is 0 Å². The SMILES string of the molecule is CNC1CC2CCCC(C1)N2C1CCN(C2CC2)C1. The first-order valence-electron chi connectivity index (χ1n) is 8.54. The van der Waals surface area contributed by atoms with Gasteiger partial charge in [0.05, 0.1) is 0 Å². The Labute approximate surface area is 117 Å². The van der Waals surface area contributed by atoms with Crippen LogP contribution in [0.3, 0.4) is 0 Å². The van der Waals surface area contributed by atoms with Crippen LogP contribution in [-0.2, 0) is 0 Å². The Balaban J connectivity index is 1.45. The number of piperidine rings is 2. The van der Waals surface area contributed by atoms with E-state index in [1.165, 1.54) is 64.5 Å². The van der Waals surface area contributed by atoms with E-state index in [-0.39, 0.29) is 0 Å². The Kier molecular flexibility index (Phi) is 3.33. The van der Waals surface area contributed by atoms with Crippen LogP contribution in [-0.4, -0.2) is 60.1 Å². The van der Waals surface area contributed by atoms with Gasteiger partial charge in [-0.05, 0) is 52.0 Å². The Morgan fingerprint density at radius 3 is 2.21 bits per heavy atom. The van der Waals surface area contributed by atoms with E-state index in [1.54, 1.807) is 0 Å². The molecule has 0 aromatic rings. The lowest BCUT2D eigenvalue weighted by Crippen LogP contribution is -2.59. The lowest BCUT2D eigenvalue weighted by Gasteiger charge is -2.51. The molecule has 3 nitrogen and oxygen atoms in total. The van der Waals surface area contributed by atoms with E-state index >= 15 is 0 Å². The van der Waals surface area contributed by atoms with Gasteiger partial charge in [-0.15, -0.1) is 0 Å². The van der Waals surface area contributed by atoms with Gasteiger partial charge in [0.2, 0.25) is 0 Å². The largest absolute Gasteiger partial charge is 0.317 e. The summed E-state index contributed by atoms with van der Waals surface area (Å²) in [6.45, 7) is 2.75. The first-order valence-corrected chi connectivity index (χ1v) is 8.54. The van der Waals surface area contributed by atoms with Crippen LogP contribution in [0.1, 0.15) is 51.4 Å². The number of nitrogens with zero attached hydrogens (tertiary/aromatic N) is 2. The van der Waals surface area contributed by atoms with Gasteiger partial charge >= 0.3 is 0 Å². The number of hydrogen-bond acceptors (Lipinski definition) is 3. The number of nitrogens with one attached hydrogen (secondary N) is 1. The summed E-state index contributed by atoms with van der Waals surface area (Å²) in [7, 11) is 2.15. The van der Waals surface area contributed by atoms with Gasteiger partial charge in [-0.2, -0.15) is 0 Å². The number of hydrogen-bond donors (Lipinski definition) is 1. The van der Waals surface area contributed by atoms with Crippen molar-refractivity contribution in [2.24, 2.45) is 0 Å². The fourth-order valence-corrected chi connectivity index (χ4v) is 5.03. The van der Waals surface area contributed by atoms with Crippen LogP contribution in [0.5, 0.6) is 0 Å². The Hall–Kier alpha value is -0.120. The van der Waals surface area contributed by atoms with Gasteiger partial charge in [0, 0.05) is 43.3 Å². The molecule has 4 fully saturated rings. The zero-order valence-electron chi connectivity index (χ0n) is 12.4. The van der Waals surface area contributed by atoms with Crippen molar-refractivity contribution in [1.82, 2.24) is 15.1 Å². The molecular weight excluding hydrogens is 234 g/mol. The third-order valence-corrected chi connectivity index (χ3v) is 6.12. The Morgan fingerprint density at radius 2 is 1.58 bits per heavy atom. The van der Waals surface area contributed by atoms with E-state index < -0.39 is 0 Å². The molecule has 3 heteroatoms. The average molecular weight is 263 g/mol. The Bertz CT molecular complexity index is 314. The topological polar surface area (TPSA) is 18.5 Å². The van der Waals surface area contributed by atoms with E-state index in [4.69, 9.17) is 0 Å². The molecule has 2 bridgehead atoms. The van der Waals surface area contributed by atoms with Gasteiger partial charge in [-0.25, -0.2) is 0 Å². The van der Waals surface area contributed by atoms with Crippen molar-refractivity contribution in [2.45, 2.75) is 81.6 Å². The minimum Gasteiger partial charge on any atom is -0.317 e. The lowest BCUT2D eigenvalue weighted by atomic mass is 9.80. The third-order valence-electron chi connectivity index (χ3n) is 6.12. The fraction of sp³-hybridized carbons (Fsp3) is 1.00. The van der Waals surface area contributed by atoms with Crippen LogP contribution < -0.4 is 5.32 Å². The second-order valence-electron chi connectivity index (χ2n) is 7.31. The van der Waals surface area contributed by atoms with Crippen LogP contribution in [0.25, 0.3) is 0 Å². The average Bonchev–Trinajstić information content (AvgIpc) is 3.15. The van der Waals surface area contributed by atoms with E-state index in [9.17, 15) is 0 Å². The van der Waals surface area contributed by atoms with E-state index in [0.717, 1.165) is 30.2 Å². The summed E-state index contributed by atoms with van der Waals surface area (Å²) in [4.78, 5) is 5.75. The summed E-state index contributed by atoms with van der Waals surface area (Å²) >= 11 is 0. The van der Waals surface area contributed by atoms with Gasteiger partial charge in [0.25, 0.3) is 0 Å². The van der Waals surface area contributed by atoms with Crippen LogP contribution in [0.4, 0.5) is 0 Å². The van der Waals surface area contributed by atoms with Gasteiger partial charge in [-0.1, -0.05) is 6.42 Å². The van der Waals surface area contributed by atoms with Crippen molar-refractivity contribution < 1.29 is 0 Å². The van der Waals surface area contributed by atoms with E-state index in [0.29, 0.717) is 0 Å². The monoisotopic (exact) mass is 263 g/mol. The summed E-state index contributed by atoms with van der Waals surface area (Å²) < 4.78 is 0. The minimum absolute atomic E-state index is 0.785. The highest BCUT2D eigenvalue weighted by Crippen LogP contribution is 2.39. The molecule has 0 spiro atoms. The van der Waals surface area contributed by atoms with Crippen molar-refractivity contribution in [2.75, 3.05) is 20.1 Å². The predicted octanol–water partition coefficient (Wildman–Crippen LogP) is 1.83. The molecule has 0 amide bonds. The van der Waals surface area contributed by atoms with Crippen LogP contribution in [0.2, 0.25) is 0 Å². The quantitative estimate of drug-likeness (QED) is 0.838. The van der Waals surface area contributed by atoms with Crippen molar-refractivity contribution in [3.05, 3.63) is 0 Å². The Morgan fingerprint density at radius 1 is 0.842 bits per heavy atom. The molecule has 3 aliphatic heterocycles. The molecule has 1 aliphatic carbocycles. The van der Waals surface area contributed by atoms with Crippen LogP contribution in [0, 0.1) is 0 Å². The highest BCUT2D eigenvalue weighted by atomic mass is 15.3. The lowest BCUT2D eigenvalue weighted by molar-refractivity contribution is -0.00692. The van der Waals surface area contributed by atoms with Gasteiger partial charge < -0.3 is 5.32 Å². The van der Waals surface area contributed by atoms with Gasteiger partial charge in [-0.3, -0.25) is 9.80 Å². The molecular formula is C16H29N3. The molecule has 4 aliphatic rings. The molecule has 19 heavy (non-hydrogen) atoms. The molecule has 3 unspecified atom stereocenters.